The van der Waals surface area contributed by atoms with Crippen molar-refractivity contribution in [2.24, 2.45) is 0 Å². The zero-order valence-corrected chi connectivity index (χ0v) is 37.9. The van der Waals surface area contributed by atoms with Gasteiger partial charge in [-0.2, -0.15) is 29.3 Å². The summed E-state index contributed by atoms with van der Waals surface area (Å²) < 4.78 is 4.66. The normalized spacial score (nSPS) is 14.8. The van der Waals surface area contributed by atoms with Crippen LogP contribution in [0.5, 0.6) is 0 Å². The molecule has 0 nitrogen and oxygen atoms in total. The SMILES string of the molecule is CC(C)(C)c1cc[cH-]c1.CC1=[C-]C(C)(C)c2cc3c(cc21)-c1cc2c(cc1C3)C(C)(C)C=C2C.Cl.Cl.Clc1ccc([CH]=[Zr]=[CH]c2ccc(Cl)cc2)cc1. The number of halogens is 4. The number of rotatable bonds is 2. The van der Waals surface area contributed by atoms with Crippen LogP contribution >= 0.6 is 48.0 Å². The van der Waals surface area contributed by atoms with Gasteiger partial charge in [-0.3, -0.25) is 6.08 Å². The summed E-state index contributed by atoms with van der Waals surface area (Å²) in [4.78, 5) is 0. The summed E-state index contributed by atoms with van der Waals surface area (Å²) in [6.07, 6.45) is 7.13. The van der Waals surface area contributed by atoms with E-state index >= 15 is 0 Å². The Hall–Kier alpha value is -2.51. The number of allylic oxidation sites excluding steroid dienone is 4. The van der Waals surface area contributed by atoms with Gasteiger partial charge in [0.25, 0.3) is 0 Å². The molecule has 0 fully saturated rings. The molecule has 5 aromatic rings. The van der Waals surface area contributed by atoms with E-state index in [0.29, 0.717) is 5.41 Å². The molecule has 0 heterocycles. The molecule has 0 atom stereocenters. The van der Waals surface area contributed by atoms with E-state index in [0.717, 1.165) is 16.5 Å². The third-order valence-electron chi connectivity index (χ3n) is 10.2. The molecule has 0 N–H and O–H groups in total. The van der Waals surface area contributed by atoms with Gasteiger partial charge in [-0.05, 0) is 58.4 Å². The first-order chi connectivity index (χ1) is 24.0. The molecule has 0 bridgehead atoms. The molecule has 276 valence electrons. The Bertz CT molecular complexity index is 2070. The molecule has 3 aliphatic carbocycles. The van der Waals surface area contributed by atoms with Crippen LogP contribution in [0.3, 0.4) is 0 Å². The standard InChI is InChI=1S/C25H25.C9H13.2C7H5Cl.2ClH.Zr/c1-14-12-24(3,4)22-8-16-7-17-9-23-19(15(2)13-25(23,5)6)11-21(17)20(16)10-18(14)22;1-9(2,3)8-6-4-5-7-8;2*1-6-2-4-7(8)5-3-6;;;/h8-12H,7H2,1-6H3;4-7H,1-3H3;2*1-5H;2*1H;/q2*-1;;;;;. The summed E-state index contributed by atoms with van der Waals surface area (Å²) in [5.41, 5.74) is 18.8. The summed E-state index contributed by atoms with van der Waals surface area (Å²) in [6.45, 7) is 20.4. The summed E-state index contributed by atoms with van der Waals surface area (Å²) in [5.74, 6) is 0. The van der Waals surface area contributed by atoms with Crippen LogP contribution in [0, 0.1) is 6.08 Å². The van der Waals surface area contributed by atoms with Gasteiger partial charge in [-0.15, -0.1) is 36.4 Å². The second-order valence-corrected chi connectivity index (χ2v) is 19.3. The zero-order valence-electron chi connectivity index (χ0n) is 32.2. The molecule has 5 heteroatoms. The van der Waals surface area contributed by atoms with Crippen LogP contribution in [0.15, 0.2) is 103 Å². The van der Waals surface area contributed by atoms with Gasteiger partial charge in [0.05, 0.1) is 0 Å². The average Bonchev–Trinajstić information content (AvgIpc) is 3.82. The molecule has 0 spiro atoms. The number of fused-ring (bicyclic) bond motifs is 5. The Morgan fingerprint density at radius 3 is 1.68 bits per heavy atom. The molecule has 0 aromatic heterocycles. The third-order valence-corrected chi connectivity index (χ3v) is 13.2. The second-order valence-electron chi connectivity index (χ2n) is 16.2. The van der Waals surface area contributed by atoms with Crippen LogP contribution in [0.25, 0.3) is 22.3 Å². The van der Waals surface area contributed by atoms with Crippen LogP contribution in [0.2, 0.25) is 10.0 Å². The molecule has 0 saturated heterocycles. The number of hydrogen-bond donors (Lipinski definition) is 0. The fraction of sp³-hybridized carbons (Fsp3) is 0.271. The topological polar surface area (TPSA) is 0 Å². The van der Waals surface area contributed by atoms with Crippen molar-refractivity contribution >= 4 is 66.6 Å². The quantitative estimate of drug-likeness (QED) is 0.152. The van der Waals surface area contributed by atoms with Gasteiger partial charge in [-0.25, -0.2) is 11.6 Å². The molecule has 53 heavy (non-hydrogen) atoms. The first-order valence-corrected chi connectivity index (χ1v) is 21.4. The van der Waals surface area contributed by atoms with Crippen molar-refractivity contribution in [1.29, 1.82) is 0 Å². The maximum atomic E-state index is 5.84. The van der Waals surface area contributed by atoms with Crippen molar-refractivity contribution in [3.63, 3.8) is 0 Å². The van der Waals surface area contributed by atoms with E-state index < -0.39 is 22.3 Å². The number of benzene rings is 4. The van der Waals surface area contributed by atoms with Gasteiger partial charge in [0.1, 0.15) is 0 Å². The molecule has 5 aromatic carbocycles. The Balaban J connectivity index is 0.000000195. The van der Waals surface area contributed by atoms with Gasteiger partial charge < -0.3 is 0 Å². The Morgan fingerprint density at radius 1 is 0.698 bits per heavy atom. The van der Waals surface area contributed by atoms with Crippen LogP contribution < -0.4 is 0 Å². The Labute approximate surface area is 351 Å². The van der Waals surface area contributed by atoms with Crippen molar-refractivity contribution in [2.75, 3.05) is 0 Å². The first-order valence-electron chi connectivity index (χ1n) is 17.8. The molecular formula is C48H50Cl4Zr-2. The van der Waals surface area contributed by atoms with Gasteiger partial charge >= 0.3 is 123 Å². The summed E-state index contributed by atoms with van der Waals surface area (Å²) in [7, 11) is 0. The minimum atomic E-state index is -0.623. The van der Waals surface area contributed by atoms with Crippen LogP contribution in [-0.4, -0.2) is 7.42 Å². The van der Waals surface area contributed by atoms with Crippen molar-refractivity contribution in [3.8, 4) is 11.1 Å². The molecule has 8 rings (SSSR count). The number of hydrogen-bond acceptors (Lipinski definition) is 0. The zero-order chi connectivity index (χ0) is 36.7. The van der Waals surface area contributed by atoms with E-state index in [9.17, 15) is 0 Å². The van der Waals surface area contributed by atoms with Gasteiger partial charge in [0.15, 0.2) is 0 Å². The molecule has 0 unspecified atom stereocenters. The molecule has 3 aliphatic rings. The fourth-order valence-corrected chi connectivity index (χ4v) is 9.85. The third kappa shape index (κ3) is 9.84. The van der Waals surface area contributed by atoms with Gasteiger partial charge in [-0.1, -0.05) is 84.4 Å². The van der Waals surface area contributed by atoms with E-state index in [1.54, 1.807) is 0 Å². The van der Waals surface area contributed by atoms with Crippen LogP contribution in [-0.2, 0) is 44.9 Å². The maximum absolute atomic E-state index is 5.84. The van der Waals surface area contributed by atoms with E-state index in [2.05, 4.69) is 155 Å². The fourth-order valence-electron chi connectivity index (χ4n) is 7.50. The Kier molecular flexibility index (Phi) is 13.9. The minimum absolute atomic E-state index is 0. The monoisotopic (exact) mass is 856 g/mol. The molecular weight excluding hydrogens is 810 g/mol. The van der Waals surface area contributed by atoms with Crippen molar-refractivity contribution < 1.29 is 22.3 Å². The van der Waals surface area contributed by atoms with E-state index in [-0.39, 0.29) is 35.6 Å². The molecule has 0 radical (unpaired) electrons. The van der Waals surface area contributed by atoms with Gasteiger partial charge in [0.2, 0.25) is 0 Å². The summed E-state index contributed by atoms with van der Waals surface area (Å²) >= 11 is 11.0. The Morgan fingerprint density at radius 2 is 1.21 bits per heavy atom. The predicted octanol–water partition coefficient (Wildman–Crippen LogP) is 14.1. The molecule has 0 saturated carbocycles. The van der Waals surface area contributed by atoms with Crippen molar-refractivity contribution in [1.82, 2.24) is 0 Å². The van der Waals surface area contributed by atoms with E-state index in [1.165, 1.54) is 72.3 Å². The predicted molar refractivity (Wildman–Crippen MR) is 235 cm³/mol. The van der Waals surface area contributed by atoms with E-state index in [1.807, 2.05) is 24.3 Å². The summed E-state index contributed by atoms with van der Waals surface area (Å²) in [6, 6.07) is 34.2. The second kappa shape index (κ2) is 17.1. The van der Waals surface area contributed by atoms with Crippen LogP contribution in [0.1, 0.15) is 112 Å². The average molecular weight is 860 g/mol. The van der Waals surface area contributed by atoms with Crippen molar-refractivity contribution in [3.05, 3.63) is 169 Å². The first kappa shape index (κ1) is 43.2. The molecule has 0 amide bonds. The van der Waals surface area contributed by atoms with Crippen molar-refractivity contribution in [2.45, 2.75) is 85.0 Å². The van der Waals surface area contributed by atoms with Crippen LogP contribution in [0.4, 0.5) is 0 Å². The van der Waals surface area contributed by atoms with Gasteiger partial charge in [0, 0.05) is 5.41 Å². The van der Waals surface area contributed by atoms with E-state index in [4.69, 9.17) is 23.2 Å². The molecule has 0 aliphatic heterocycles. The summed E-state index contributed by atoms with van der Waals surface area (Å²) in [5, 5.41) is 1.57.